The summed E-state index contributed by atoms with van der Waals surface area (Å²) < 4.78 is 0. The topological polar surface area (TPSA) is 29.1 Å². The number of aryl methyl sites for hydroxylation is 2. The minimum Gasteiger partial charge on any atom is -0.349 e. The first-order valence-electron chi connectivity index (χ1n) is 7.07. The van der Waals surface area contributed by atoms with Gasteiger partial charge < -0.3 is 5.32 Å². The van der Waals surface area contributed by atoms with Gasteiger partial charge in [-0.2, -0.15) is 0 Å². The third-order valence-corrected chi connectivity index (χ3v) is 4.34. The van der Waals surface area contributed by atoms with Crippen LogP contribution in [0.2, 0.25) is 0 Å². The average molecular weight is 287 g/mol. The lowest BCUT2D eigenvalue weighted by atomic mass is 10.0. The molecule has 1 atom stereocenters. The van der Waals surface area contributed by atoms with E-state index < -0.39 is 0 Å². The van der Waals surface area contributed by atoms with Gasteiger partial charge in [-0.25, -0.2) is 0 Å². The number of carbonyl (C=O) groups excluding carboxylic acids is 1. The van der Waals surface area contributed by atoms with Crippen molar-refractivity contribution in [1.82, 2.24) is 5.32 Å². The first-order chi connectivity index (χ1) is 9.69. The molecule has 2 aromatic rings. The van der Waals surface area contributed by atoms with Crippen molar-refractivity contribution < 1.29 is 4.79 Å². The smallest absolute Gasteiger partial charge is 0.220 e. The van der Waals surface area contributed by atoms with Crippen LogP contribution in [0.15, 0.2) is 41.8 Å². The Morgan fingerprint density at radius 3 is 2.60 bits per heavy atom. The van der Waals surface area contributed by atoms with Crippen LogP contribution in [0.25, 0.3) is 0 Å². The van der Waals surface area contributed by atoms with Gasteiger partial charge in [0.05, 0.1) is 6.04 Å². The Labute approximate surface area is 124 Å². The van der Waals surface area contributed by atoms with Crippen LogP contribution in [0, 0.1) is 6.92 Å². The molecule has 0 saturated carbocycles. The molecule has 0 aliphatic rings. The number of rotatable bonds is 6. The van der Waals surface area contributed by atoms with Crippen molar-refractivity contribution in [2.45, 2.75) is 39.2 Å². The van der Waals surface area contributed by atoms with Gasteiger partial charge in [0.2, 0.25) is 5.91 Å². The number of amides is 1. The third kappa shape index (κ3) is 4.20. The summed E-state index contributed by atoms with van der Waals surface area (Å²) in [5.41, 5.74) is 2.43. The maximum Gasteiger partial charge on any atom is 0.220 e. The zero-order valence-corrected chi connectivity index (χ0v) is 12.9. The summed E-state index contributed by atoms with van der Waals surface area (Å²) in [6.07, 6.45) is 2.30. The number of thiophene rings is 1. The molecule has 0 radical (unpaired) electrons. The zero-order chi connectivity index (χ0) is 14.4. The van der Waals surface area contributed by atoms with Gasteiger partial charge >= 0.3 is 0 Å². The molecule has 0 aliphatic heterocycles. The molecule has 1 N–H and O–H groups in total. The molecule has 1 amide bonds. The predicted octanol–water partition coefficient (Wildman–Crippen LogP) is 4.26. The van der Waals surface area contributed by atoms with Crippen molar-refractivity contribution in [2.75, 3.05) is 0 Å². The van der Waals surface area contributed by atoms with Gasteiger partial charge in [-0.1, -0.05) is 42.8 Å². The molecule has 106 valence electrons. The van der Waals surface area contributed by atoms with E-state index in [1.54, 1.807) is 11.3 Å². The maximum absolute atomic E-state index is 12.0. The van der Waals surface area contributed by atoms with E-state index in [1.807, 2.05) is 11.4 Å². The van der Waals surface area contributed by atoms with Gasteiger partial charge in [0.1, 0.15) is 0 Å². The van der Waals surface area contributed by atoms with E-state index in [9.17, 15) is 4.79 Å². The lowest BCUT2D eigenvalue weighted by molar-refractivity contribution is -0.121. The fourth-order valence-electron chi connectivity index (χ4n) is 2.18. The molecule has 0 bridgehead atoms. The highest BCUT2D eigenvalue weighted by atomic mass is 32.1. The van der Waals surface area contributed by atoms with Gasteiger partial charge in [-0.3, -0.25) is 4.79 Å². The molecular formula is C17H21NOS. The molecule has 1 aromatic carbocycles. The molecule has 3 heteroatoms. The highest BCUT2D eigenvalue weighted by molar-refractivity contribution is 7.09. The molecule has 1 aromatic heterocycles. The minimum atomic E-state index is 0.117. The highest BCUT2D eigenvalue weighted by Crippen LogP contribution is 2.18. The normalized spacial score (nSPS) is 12.1. The van der Waals surface area contributed by atoms with Crippen LogP contribution in [-0.2, 0) is 11.2 Å². The van der Waals surface area contributed by atoms with E-state index in [0.29, 0.717) is 6.42 Å². The molecule has 2 nitrogen and oxygen atoms in total. The predicted molar refractivity (Wildman–Crippen MR) is 85.0 cm³/mol. The Bertz CT molecular complexity index is 531. The van der Waals surface area contributed by atoms with E-state index in [-0.39, 0.29) is 11.9 Å². The van der Waals surface area contributed by atoms with E-state index in [1.165, 1.54) is 16.0 Å². The highest BCUT2D eigenvalue weighted by Gasteiger charge is 2.12. The Kier molecular flexibility index (Phi) is 5.36. The van der Waals surface area contributed by atoms with Gasteiger partial charge in [0, 0.05) is 11.3 Å². The molecule has 1 heterocycles. The Morgan fingerprint density at radius 1 is 1.25 bits per heavy atom. The molecule has 1 unspecified atom stereocenters. The zero-order valence-electron chi connectivity index (χ0n) is 12.1. The van der Waals surface area contributed by atoms with Crippen LogP contribution >= 0.6 is 11.3 Å². The molecule has 2 rings (SSSR count). The van der Waals surface area contributed by atoms with E-state index in [4.69, 9.17) is 0 Å². The van der Waals surface area contributed by atoms with Crippen LogP contribution in [-0.4, -0.2) is 5.91 Å². The standard InChI is InChI=1S/C17H21NOS/c1-3-16(14-8-6-13(2)7-9-14)18-17(19)11-10-15-5-4-12-20-15/h4-9,12,16H,3,10-11H2,1-2H3,(H,18,19). The summed E-state index contributed by atoms with van der Waals surface area (Å²) in [6, 6.07) is 12.6. The second-order valence-corrected chi connectivity index (χ2v) is 6.05. The summed E-state index contributed by atoms with van der Waals surface area (Å²) in [4.78, 5) is 13.3. The summed E-state index contributed by atoms with van der Waals surface area (Å²) in [6.45, 7) is 4.18. The van der Waals surface area contributed by atoms with Crippen molar-refractivity contribution in [3.63, 3.8) is 0 Å². The van der Waals surface area contributed by atoms with Crippen LogP contribution < -0.4 is 5.32 Å². The van der Waals surface area contributed by atoms with Crippen LogP contribution in [0.3, 0.4) is 0 Å². The first kappa shape index (κ1) is 14.8. The summed E-state index contributed by atoms with van der Waals surface area (Å²) in [5.74, 6) is 0.130. The lowest BCUT2D eigenvalue weighted by Crippen LogP contribution is -2.28. The third-order valence-electron chi connectivity index (χ3n) is 3.40. The summed E-state index contributed by atoms with van der Waals surface area (Å²) in [7, 11) is 0. The molecule has 0 fully saturated rings. The maximum atomic E-state index is 12.0. The molecule has 0 spiro atoms. The number of benzene rings is 1. The average Bonchev–Trinajstić information content (AvgIpc) is 2.97. The second-order valence-electron chi connectivity index (χ2n) is 5.02. The quantitative estimate of drug-likeness (QED) is 0.845. The SMILES string of the molecule is CCC(NC(=O)CCc1cccs1)c1ccc(C)cc1. The van der Waals surface area contributed by atoms with Gasteiger partial charge in [-0.05, 0) is 36.8 Å². The fourth-order valence-corrected chi connectivity index (χ4v) is 2.89. The molecule has 0 saturated heterocycles. The van der Waals surface area contributed by atoms with Crippen molar-refractivity contribution in [3.8, 4) is 0 Å². The summed E-state index contributed by atoms with van der Waals surface area (Å²) >= 11 is 1.71. The number of hydrogen-bond donors (Lipinski definition) is 1. The van der Waals surface area contributed by atoms with Gasteiger partial charge in [0.15, 0.2) is 0 Å². The van der Waals surface area contributed by atoms with E-state index in [2.05, 4.69) is 49.5 Å². The Balaban J connectivity index is 1.89. The number of nitrogens with one attached hydrogen (secondary N) is 1. The number of hydrogen-bond acceptors (Lipinski definition) is 2. The van der Waals surface area contributed by atoms with E-state index in [0.717, 1.165) is 12.8 Å². The van der Waals surface area contributed by atoms with E-state index >= 15 is 0 Å². The molecule has 0 aliphatic carbocycles. The van der Waals surface area contributed by atoms with Crippen molar-refractivity contribution in [2.24, 2.45) is 0 Å². The van der Waals surface area contributed by atoms with Gasteiger partial charge in [0.25, 0.3) is 0 Å². The fraction of sp³-hybridized carbons (Fsp3) is 0.353. The monoisotopic (exact) mass is 287 g/mol. The second kappa shape index (κ2) is 7.25. The van der Waals surface area contributed by atoms with Crippen molar-refractivity contribution in [1.29, 1.82) is 0 Å². The van der Waals surface area contributed by atoms with Crippen LogP contribution in [0.4, 0.5) is 0 Å². The number of carbonyl (C=O) groups is 1. The van der Waals surface area contributed by atoms with Crippen molar-refractivity contribution >= 4 is 17.2 Å². The van der Waals surface area contributed by atoms with Crippen LogP contribution in [0.5, 0.6) is 0 Å². The minimum absolute atomic E-state index is 0.117. The largest absolute Gasteiger partial charge is 0.349 e. The lowest BCUT2D eigenvalue weighted by Gasteiger charge is -2.17. The van der Waals surface area contributed by atoms with Gasteiger partial charge in [-0.15, -0.1) is 11.3 Å². The van der Waals surface area contributed by atoms with Crippen molar-refractivity contribution in [3.05, 3.63) is 57.8 Å². The molecular weight excluding hydrogens is 266 g/mol. The molecule has 20 heavy (non-hydrogen) atoms. The van der Waals surface area contributed by atoms with Crippen LogP contribution in [0.1, 0.15) is 41.8 Å². The first-order valence-corrected chi connectivity index (χ1v) is 7.95. The Hall–Kier alpha value is -1.61. The Morgan fingerprint density at radius 2 is 2.00 bits per heavy atom. The summed E-state index contributed by atoms with van der Waals surface area (Å²) in [5, 5.41) is 5.18.